The summed E-state index contributed by atoms with van der Waals surface area (Å²) in [6.45, 7) is 4.02. The number of aryl methyl sites for hydroxylation is 2. The minimum atomic E-state index is -0.0268. The van der Waals surface area contributed by atoms with Crippen molar-refractivity contribution in [2.45, 2.75) is 57.1 Å². The first kappa shape index (κ1) is 20.6. The van der Waals surface area contributed by atoms with E-state index in [1.165, 1.54) is 31.0 Å². The van der Waals surface area contributed by atoms with Crippen molar-refractivity contribution in [3.8, 4) is 11.4 Å². The monoisotopic (exact) mass is 421 g/mol. The zero-order valence-electron chi connectivity index (χ0n) is 17.5. The van der Waals surface area contributed by atoms with Gasteiger partial charge in [-0.25, -0.2) is 0 Å². The lowest BCUT2D eigenvalue weighted by Crippen LogP contribution is -2.18. The van der Waals surface area contributed by atoms with Crippen molar-refractivity contribution in [1.29, 1.82) is 0 Å². The quantitative estimate of drug-likeness (QED) is 0.554. The lowest BCUT2D eigenvalue weighted by atomic mass is 9.95. The summed E-state index contributed by atoms with van der Waals surface area (Å²) in [6.07, 6.45) is 9.52. The van der Waals surface area contributed by atoms with Gasteiger partial charge >= 0.3 is 0 Å². The first-order chi connectivity index (χ1) is 14.6. The van der Waals surface area contributed by atoms with Gasteiger partial charge in [0.1, 0.15) is 0 Å². The van der Waals surface area contributed by atoms with E-state index in [4.69, 9.17) is 0 Å². The topological polar surface area (TPSA) is 72.7 Å². The zero-order chi connectivity index (χ0) is 20.9. The van der Waals surface area contributed by atoms with Gasteiger partial charge in [0.2, 0.25) is 5.91 Å². The Morgan fingerprint density at radius 1 is 1.07 bits per heavy atom. The lowest BCUT2D eigenvalue weighted by molar-refractivity contribution is -0.113. The number of carbonyl (C=O) groups excluding carboxylic acids is 1. The van der Waals surface area contributed by atoms with E-state index in [1.54, 1.807) is 12.4 Å². The van der Waals surface area contributed by atoms with E-state index in [1.807, 2.05) is 44.2 Å². The highest BCUT2D eigenvalue weighted by molar-refractivity contribution is 7.99. The van der Waals surface area contributed by atoms with Crippen LogP contribution in [0.25, 0.3) is 11.4 Å². The maximum atomic E-state index is 12.7. The van der Waals surface area contributed by atoms with Gasteiger partial charge in [0.15, 0.2) is 11.0 Å². The average molecular weight is 422 g/mol. The highest BCUT2D eigenvalue weighted by Crippen LogP contribution is 2.35. The van der Waals surface area contributed by atoms with Crippen LogP contribution in [0.5, 0.6) is 0 Å². The van der Waals surface area contributed by atoms with E-state index in [9.17, 15) is 4.79 Å². The minimum absolute atomic E-state index is 0.0268. The Morgan fingerprint density at radius 2 is 1.77 bits per heavy atom. The molecule has 0 saturated heterocycles. The predicted molar refractivity (Wildman–Crippen MR) is 121 cm³/mol. The molecule has 1 aliphatic rings. The molecule has 0 unspecified atom stereocenters. The number of para-hydroxylation sites is 1. The van der Waals surface area contributed by atoms with Crippen LogP contribution in [0.1, 0.15) is 49.3 Å². The van der Waals surface area contributed by atoms with Crippen molar-refractivity contribution in [1.82, 2.24) is 19.7 Å². The Morgan fingerprint density at radius 3 is 2.47 bits per heavy atom. The Bertz CT molecular complexity index is 991. The molecule has 0 radical (unpaired) electrons. The summed E-state index contributed by atoms with van der Waals surface area (Å²) < 4.78 is 2.24. The second-order valence-electron chi connectivity index (χ2n) is 7.81. The number of rotatable bonds is 6. The van der Waals surface area contributed by atoms with Crippen LogP contribution in [-0.4, -0.2) is 31.4 Å². The van der Waals surface area contributed by atoms with Crippen molar-refractivity contribution < 1.29 is 4.79 Å². The fourth-order valence-corrected chi connectivity index (χ4v) is 4.86. The molecule has 1 N–H and O–H groups in total. The largest absolute Gasteiger partial charge is 0.325 e. The fraction of sp³-hybridized carbons (Fsp3) is 0.391. The standard InChI is InChI=1S/C23H27N5OS/c1-16-7-6-8-17(2)21(16)25-20(29)15-30-23-27-26-22(18-11-13-24-14-12-18)28(23)19-9-4-3-5-10-19/h6-8,11-14,19H,3-5,9-10,15H2,1-2H3,(H,25,29). The van der Waals surface area contributed by atoms with Crippen LogP contribution in [0, 0.1) is 13.8 Å². The maximum Gasteiger partial charge on any atom is 0.234 e. The molecule has 156 valence electrons. The van der Waals surface area contributed by atoms with E-state index < -0.39 is 0 Å². The summed E-state index contributed by atoms with van der Waals surface area (Å²) in [6, 6.07) is 10.3. The van der Waals surface area contributed by atoms with Crippen molar-refractivity contribution in [3.05, 3.63) is 53.9 Å². The molecule has 1 aliphatic carbocycles. The van der Waals surface area contributed by atoms with E-state index >= 15 is 0 Å². The number of carbonyl (C=O) groups is 1. The molecule has 1 saturated carbocycles. The zero-order valence-corrected chi connectivity index (χ0v) is 18.3. The predicted octanol–water partition coefficient (Wildman–Crippen LogP) is 5.19. The second-order valence-corrected chi connectivity index (χ2v) is 8.75. The van der Waals surface area contributed by atoms with Gasteiger partial charge < -0.3 is 5.32 Å². The smallest absolute Gasteiger partial charge is 0.234 e. The number of aromatic nitrogens is 4. The van der Waals surface area contributed by atoms with E-state index in [2.05, 4.69) is 25.1 Å². The van der Waals surface area contributed by atoms with Crippen LogP contribution in [0.3, 0.4) is 0 Å². The number of nitrogens with one attached hydrogen (secondary N) is 1. The van der Waals surface area contributed by atoms with E-state index in [0.29, 0.717) is 11.8 Å². The summed E-state index contributed by atoms with van der Waals surface area (Å²) >= 11 is 1.46. The number of pyridine rings is 1. The van der Waals surface area contributed by atoms with Crippen molar-refractivity contribution in [3.63, 3.8) is 0 Å². The minimum Gasteiger partial charge on any atom is -0.325 e. The van der Waals surface area contributed by atoms with Gasteiger partial charge in [-0.05, 0) is 49.9 Å². The molecule has 0 bridgehead atoms. The molecule has 30 heavy (non-hydrogen) atoms. The third kappa shape index (κ3) is 4.56. The Hall–Kier alpha value is -2.67. The van der Waals surface area contributed by atoms with Crippen molar-refractivity contribution >= 4 is 23.4 Å². The van der Waals surface area contributed by atoms with Crippen LogP contribution in [0.15, 0.2) is 47.9 Å². The first-order valence-corrected chi connectivity index (χ1v) is 11.5. The summed E-state index contributed by atoms with van der Waals surface area (Å²) in [5.41, 5.74) is 4.04. The van der Waals surface area contributed by atoms with E-state index in [0.717, 1.165) is 46.2 Å². The first-order valence-electron chi connectivity index (χ1n) is 10.5. The Labute approximate surface area is 181 Å². The number of hydrogen-bond acceptors (Lipinski definition) is 5. The van der Waals surface area contributed by atoms with Crippen molar-refractivity contribution in [2.75, 3.05) is 11.1 Å². The normalized spacial score (nSPS) is 14.6. The van der Waals surface area contributed by atoms with E-state index in [-0.39, 0.29) is 5.91 Å². The summed E-state index contributed by atoms with van der Waals surface area (Å²) in [4.78, 5) is 16.8. The highest BCUT2D eigenvalue weighted by Gasteiger charge is 2.24. The molecule has 3 aromatic rings. The van der Waals surface area contributed by atoms with Crippen LogP contribution in [0.2, 0.25) is 0 Å². The molecular formula is C23H27N5OS. The molecule has 0 aliphatic heterocycles. The van der Waals surface area contributed by atoms with Crippen molar-refractivity contribution in [2.24, 2.45) is 0 Å². The number of nitrogens with zero attached hydrogens (tertiary/aromatic N) is 4. The second kappa shape index (κ2) is 9.43. The molecule has 1 aromatic carbocycles. The number of hydrogen-bond donors (Lipinski definition) is 1. The fourth-order valence-electron chi connectivity index (χ4n) is 4.06. The molecular weight excluding hydrogens is 394 g/mol. The molecule has 0 spiro atoms. The van der Waals surface area contributed by atoms with Gasteiger partial charge in [-0.1, -0.05) is 49.2 Å². The van der Waals surface area contributed by atoms with Gasteiger partial charge in [0.05, 0.1) is 5.75 Å². The van der Waals surface area contributed by atoms with Gasteiger partial charge in [-0.2, -0.15) is 0 Å². The maximum absolute atomic E-state index is 12.7. The molecule has 1 amide bonds. The Balaban J connectivity index is 1.53. The van der Waals surface area contributed by atoms with Crippen LogP contribution in [-0.2, 0) is 4.79 Å². The summed E-state index contributed by atoms with van der Waals surface area (Å²) in [7, 11) is 0. The van der Waals surface area contributed by atoms with Crippen LogP contribution in [0.4, 0.5) is 5.69 Å². The number of anilines is 1. The molecule has 1 fully saturated rings. The SMILES string of the molecule is Cc1cccc(C)c1NC(=O)CSc1nnc(-c2ccncc2)n1C1CCCCC1. The average Bonchev–Trinajstić information content (AvgIpc) is 3.20. The highest BCUT2D eigenvalue weighted by atomic mass is 32.2. The molecule has 2 aromatic heterocycles. The molecule has 4 rings (SSSR count). The summed E-state index contributed by atoms with van der Waals surface area (Å²) in [5.74, 6) is 1.14. The number of benzene rings is 1. The van der Waals surface area contributed by atoms with Gasteiger partial charge in [0.25, 0.3) is 0 Å². The van der Waals surface area contributed by atoms with Gasteiger partial charge in [-0.3, -0.25) is 14.3 Å². The molecule has 6 nitrogen and oxygen atoms in total. The summed E-state index contributed by atoms with van der Waals surface area (Å²) in [5, 5.41) is 12.8. The van der Waals surface area contributed by atoms with Gasteiger partial charge in [-0.15, -0.1) is 10.2 Å². The van der Waals surface area contributed by atoms with Crippen LogP contribution < -0.4 is 5.32 Å². The third-order valence-electron chi connectivity index (χ3n) is 5.62. The third-order valence-corrected chi connectivity index (χ3v) is 6.56. The number of amides is 1. The Kier molecular flexibility index (Phi) is 6.47. The molecule has 2 heterocycles. The number of thioether (sulfide) groups is 1. The molecule has 0 atom stereocenters. The molecule has 7 heteroatoms. The lowest BCUT2D eigenvalue weighted by Gasteiger charge is -2.25. The van der Waals surface area contributed by atoms with Crippen LogP contribution >= 0.6 is 11.8 Å². The van der Waals surface area contributed by atoms with Gasteiger partial charge in [0, 0.05) is 29.7 Å².